The van der Waals surface area contributed by atoms with E-state index in [1.807, 2.05) is 0 Å². The first-order valence-electron chi connectivity index (χ1n) is 3.36. The van der Waals surface area contributed by atoms with E-state index in [-0.39, 0.29) is 27.3 Å². The summed E-state index contributed by atoms with van der Waals surface area (Å²) in [6.07, 6.45) is 0. The van der Waals surface area contributed by atoms with E-state index < -0.39 is 0 Å². The van der Waals surface area contributed by atoms with Gasteiger partial charge in [0.05, 0.1) is 10.0 Å². The Morgan fingerprint density at radius 2 is 1.85 bits per heavy atom. The first-order chi connectivity index (χ1) is 5.95. The second-order valence-electron chi connectivity index (χ2n) is 2.47. The van der Waals surface area contributed by atoms with Gasteiger partial charge < -0.3 is 10.2 Å². The molecule has 0 fully saturated rings. The number of Topliss-reactive ketones (excluding diaryl/α,β-unsaturated/α-hetero) is 1. The summed E-state index contributed by atoms with van der Waals surface area (Å²) < 4.78 is 0.481. The summed E-state index contributed by atoms with van der Waals surface area (Å²) in [4.78, 5) is 11.0. The van der Waals surface area contributed by atoms with E-state index in [0.29, 0.717) is 4.47 Å². The van der Waals surface area contributed by atoms with Crippen molar-refractivity contribution in [3.8, 4) is 11.5 Å². The third-order valence-corrected chi connectivity index (χ3v) is 2.90. The summed E-state index contributed by atoms with van der Waals surface area (Å²) in [5.74, 6) is -0.630. The average molecular weight is 310 g/mol. The van der Waals surface area contributed by atoms with Gasteiger partial charge in [0.1, 0.15) is 16.0 Å². The molecule has 0 amide bonds. The van der Waals surface area contributed by atoms with Gasteiger partial charge in [0, 0.05) is 0 Å². The Kier molecular flexibility index (Phi) is 2.98. The van der Waals surface area contributed by atoms with Crippen LogP contribution in [0.3, 0.4) is 0 Å². The fourth-order valence-electron chi connectivity index (χ4n) is 0.867. The Bertz CT molecular complexity index is 374. The van der Waals surface area contributed by atoms with E-state index in [2.05, 4.69) is 31.9 Å². The van der Waals surface area contributed by atoms with Crippen LogP contribution in [0.25, 0.3) is 0 Å². The van der Waals surface area contributed by atoms with Crippen LogP contribution in [0.1, 0.15) is 17.3 Å². The van der Waals surface area contributed by atoms with Gasteiger partial charge in [0.15, 0.2) is 5.78 Å². The minimum atomic E-state index is -0.265. The van der Waals surface area contributed by atoms with E-state index in [9.17, 15) is 15.0 Å². The number of ketones is 1. The van der Waals surface area contributed by atoms with Gasteiger partial charge in [-0.15, -0.1) is 0 Å². The molecule has 0 atom stereocenters. The lowest BCUT2D eigenvalue weighted by molar-refractivity contribution is 0.101. The lowest BCUT2D eigenvalue weighted by Gasteiger charge is -2.06. The molecule has 0 saturated heterocycles. The van der Waals surface area contributed by atoms with Gasteiger partial charge in [-0.2, -0.15) is 0 Å². The lowest BCUT2D eigenvalue weighted by atomic mass is 10.1. The molecule has 5 heteroatoms. The summed E-state index contributed by atoms with van der Waals surface area (Å²) >= 11 is 6.02. The summed E-state index contributed by atoms with van der Waals surface area (Å²) in [5.41, 5.74) is 0.163. The Morgan fingerprint density at radius 1 is 1.31 bits per heavy atom. The molecule has 2 N–H and O–H groups in total. The minimum absolute atomic E-state index is 0.118. The maximum Gasteiger partial charge on any atom is 0.163 e. The third-order valence-electron chi connectivity index (χ3n) is 1.55. The van der Waals surface area contributed by atoms with Crippen molar-refractivity contribution in [1.29, 1.82) is 0 Å². The molecule has 13 heavy (non-hydrogen) atoms. The molecule has 1 aromatic rings. The number of benzene rings is 1. The summed E-state index contributed by atoms with van der Waals surface area (Å²) in [6, 6.07) is 1.37. The van der Waals surface area contributed by atoms with Crippen LogP contribution in [0.2, 0.25) is 0 Å². The van der Waals surface area contributed by atoms with Gasteiger partial charge in [-0.25, -0.2) is 0 Å². The van der Waals surface area contributed by atoms with Crippen molar-refractivity contribution >= 4 is 37.6 Å². The van der Waals surface area contributed by atoms with Gasteiger partial charge in [-0.05, 0) is 44.8 Å². The van der Waals surface area contributed by atoms with Gasteiger partial charge in [0.25, 0.3) is 0 Å². The van der Waals surface area contributed by atoms with Crippen LogP contribution < -0.4 is 0 Å². The van der Waals surface area contributed by atoms with Crippen molar-refractivity contribution in [3.05, 3.63) is 20.6 Å². The molecule has 0 saturated carbocycles. The lowest BCUT2D eigenvalue weighted by Crippen LogP contribution is -1.93. The van der Waals surface area contributed by atoms with Gasteiger partial charge in [0.2, 0.25) is 0 Å². The average Bonchev–Trinajstić information content (AvgIpc) is 2.07. The second-order valence-corrected chi connectivity index (χ2v) is 4.12. The van der Waals surface area contributed by atoms with Crippen LogP contribution in [-0.2, 0) is 0 Å². The molecule has 0 aromatic heterocycles. The van der Waals surface area contributed by atoms with Crippen molar-refractivity contribution < 1.29 is 15.0 Å². The molecule has 0 aliphatic carbocycles. The van der Waals surface area contributed by atoms with Crippen LogP contribution in [0, 0.1) is 0 Å². The Morgan fingerprint density at radius 3 is 2.31 bits per heavy atom. The van der Waals surface area contributed by atoms with Crippen molar-refractivity contribution in [2.24, 2.45) is 0 Å². The summed E-state index contributed by atoms with van der Waals surface area (Å²) in [5, 5.41) is 18.8. The summed E-state index contributed by atoms with van der Waals surface area (Å²) in [7, 11) is 0. The highest BCUT2D eigenvalue weighted by molar-refractivity contribution is 9.11. The highest BCUT2D eigenvalue weighted by atomic mass is 79.9. The highest BCUT2D eigenvalue weighted by Gasteiger charge is 2.16. The topological polar surface area (TPSA) is 57.5 Å². The van der Waals surface area contributed by atoms with Crippen LogP contribution in [0.4, 0.5) is 0 Å². The molecular formula is C8H6Br2O3. The molecule has 0 aliphatic heterocycles. The van der Waals surface area contributed by atoms with Crippen molar-refractivity contribution in [3.63, 3.8) is 0 Å². The maximum absolute atomic E-state index is 11.0. The van der Waals surface area contributed by atoms with Crippen LogP contribution in [0.15, 0.2) is 15.0 Å². The van der Waals surface area contributed by atoms with Crippen molar-refractivity contribution in [2.45, 2.75) is 6.92 Å². The second kappa shape index (κ2) is 3.67. The first kappa shape index (κ1) is 10.5. The minimum Gasteiger partial charge on any atom is -0.506 e. The predicted molar refractivity (Wildman–Crippen MR) is 55.2 cm³/mol. The normalized spacial score (nSPS) is 10.1. The zero-order valence-corrected chi connectivity index (χ0v) is 9.81. The smallest absolute Gasteiger partial charge is 0.163 e. The van der Waals surface area contributed by atoms with Crippen molar-refractivity contribution in [1.82, 2.24) is 0 Å². The molecular weight excluding hydrogens is 304 g/mol. The predicted octanol–water partition coefficient (Wildman–Crippen LogP) is 2.83. The fraction of sp³-hybridized carbons (Fsp3) is 0.125. The van der Waals surface area contributed by atoms with Gasteiger partial charge >= 0.3 is 0 Å². The first-order valence-corrected chi connectivity index (χ1v) is 4.94. The monoisotopic (exact) mass is 308 g/mol. The summed E-state index contributed by atoms with van der Waals surface area (Å²) in [6.45, 7) is 1.34. The SMILES string of the molecule is CC(=O)c1cc(Br)c(O)c(Br)c1O. The van der Waals surface area contributed by atoms with Gasteiger partial charge in [-0.1, -0.05) is 0 Å². The van der Waals surface area contributed by atoms with Crippen molar-refractivity contribution in [2.75, 3.05) is 0 Å². The molecule has 1 rings (SSSR count). The Labute approximate surface area is 91.6 Å². The number of phenolic OH excluding ortho intramolecular Hbond substituents is 2. The zero-order valence-electron chi connectivity index (χ0n) is 6.64. The molecule has 0 aliphatic rings. The van der Waals surface area contributed by atoms with Crippen LogP contribution >= 0.6 is 31.9 Å². The van der Waals surface area contributed by atoms with E-state index >= 15 is 0 Å². The molecule has 0 heterocycles. The molecule has 1 aromatic carbocycles. The number of halogens is 2. The number of carbonyl (C=O) groups excluding carboxylic acids is 1. The van der Waals surface area contributed by atoms with Crippen LogP contribution in [-0.4, -0.2) is 16.0 Å². The Balaban J connectivity index is 3.50. The third kappa shape index (κ3) is 1.86. The van der Waals surface area contributed by atoms with Gasteiger partial charge in [-0.3, -0.25) is 4.79 Å². The number of rotatable bonds is 1. The quantitative estimate of drug-likeness (QED) is 0.784. The number of aromatic hydroxyl groups is 2. The molecule has 3 nitrogen and oxygen atoms in total. The molecule has 0 spiro atoms. The molecule has 0 bridgehead atoms. The zero-order chi connectivity index (χ0) is 10.2. The Hall–Kier alpha value is -0.550. The number of hydrogen-bond acceptors (Lipinski definition) is 3. The van der Waals surface area contributed by atoms with E-state index in [0.717, 1.165) is 0 Å². The number of carbonyl (C=O) groups is 1. The standard InChI is InChI=1S/C8H6Br2O3/c1-3(11)4-2-5(9)8(13)6(10)7(4)12/h2,12-13H,1H3. The highest BCUT2D eigenvalue weighted by Crippen LogP contribution is 2.41. The van der Waals surface area contributed by atoms with Crippen LogP contribution in [0.5, 0.6) is 11.5 Å². The molecule has 0 radical (unpaired) electrons. The van der Waals surface area contributed by atoms with E-state index in [1.165, 1.54) is 13.0 Å². The number of phenols is 2. The van der Waals surface area contributed by atoms with E-state index in [4.69, 9.17) is 0 Å². The maximum atomic E-state index is 11.0. The molecule has 0 unspecified atom stereocenters. The largest absolute Gasteiger partial charge is 0.506 e. The van der Waals surface area contributed by atoms with E-state index in [1.54, 1.807) is 0 Å². The molecule has 70 valence electrons. The number of hydrogen-bond donors (Lipinski definition) is 2. The fourth-order valence-corrected chi connectivity index (χ4v) is 1.99.